The van der Waals surface area contributed by atoms with Gasteiger partial charge in [-0.1, -0.05) is 25.9 Å². The van der Waals surface area contributed by atoms with E-state index in [1.165, 1.54) is 0 Å². The normalized spacial score (nSPS) is 18.5. The van der Waals surface area contributed by atoms with Crippen molar-refractivity contribution >= 4 is 0 Å². The van der Waals surface area contributed by atoms with Crippen LogP contribution in [-0.2, 0) is 12.0 Å². The second-order valence-corrected chi connectivity index (χ2v) is 7.50. The summed E-state index contributed by atoms with van der Waals surface area (Å²) in [6, 6.07) is 6.22. The van der Waals surface area contributed by atoms with Crippen LogP contribution >= 0.6 is 0 Å². The molecule has 1 fully saturated rings. The molecule has 136 valence electrons. The third-order valence-corrected chi connectivity index (χ3v) is 4.64. The summed E-state index contributed by atoms with van der Waals surface area (Å²) in [5.74, 6) is 3.14. The zero-order valence-corrected chi connectivity index (χ0v) is 15.7. The number of hydrogen-bond acceptors (Lipinski definition) is 6. The first kappa shape index (κ1) is 17.7. The molecule has 0 unspecified atom stereocenters. The number of nitrogens with zero attached hydrogens (tertiary/aromatic N) is 3. The fourth-order valence-corrected chi connectivity index (χ4v) is 3.26. The molecule has 0 spiro atoms. The minimum atomic E-state index is -0.109. The van der Waals surface area contributed by atoms with E-state index in [-0.39, 0.29) is 11.5 Å². The van der Waals surface area contributed by atoms with E-state index in [1.807, 2.05) is 12.1 Å². The number of methoxy groups -OCH3 is 2. The van der Waals surface area contributed by atoms with Gasteiger partial charge in [0.05, 0.1) is 20.8 Å². The van der Waals surface area contributed by atoms with E-state index in [0.29, 0.717) is 12.4 Å². The van der Waals surface area contributed by atoms with Crippen LogP contribution in [0, 0.1) is 0 Å². The van der Waals surface area contributed by atoms with E-state index in [1.54, 1.807) is 14.2 Å². The standard InChI is InChI=1S/C19H27N3O3/c1-19(2,3)18-20-17(25-21-18)12-22-10-6-7-15(22)14-11-13(23-4)8-9-16(14)24-5/h8-9,11,15H,6-7,10,12H2,1-5H3/t15-/m0/s1. The molecule has 0 bridgehead atoms. The molecule has 6 heteroatoms. The van der Waals surface area contributed by atoms with Crippen molar-refractivity contribution in [2.24, 2.45) is 0 Å². The van der Waals surface area contributed by atoms with Crippen LogP contribution in [0.1, 0.15) is 56.9 Å². The molecule has 0 amide bonds. The van der Waals surface area contributed by atoms with E-state index >= 15 is 0 Å². The first-order chi connectivity index (χ1) is 11.9. The highest BCUT2D eigenvalue weighted by Gasteiger charge is 2.30. The van der Waals surface area contributed by atoms with Gasteiger partial charge in [-0.25, -0.2) is 0 Å². The molecule has 25 heavy (non-hydrogen) atoms. The van der Waals surface area contributed by atoms with E-state index in [9.17, 15) is 0 Å². The highest BCUT2D eigenvalue weighted by atomic mass is 16.5. The van der Waals surface area contributed by atoms with E-state index < -0.39 is 0 Å². The highest BCUT2D eigenvalue weighted by Crippen LogP contribution is 2.39. The first-order valence-electron chi connectivity index (χ1n) is 8.71. The van der Waals surface area contributed by atoms with Crippen molar-refractivity contribution in [1.82, 2.24) is 15.0 Å². The van der Waals surface area contributed by atoms with Gasteiger partial charge in [-0.05, 0) is 37.6 Å². The maximum Gasteiger partial charge on any atom is 0.240 e. The summed E-state index contributed by atoms with van der Waals surface area (Å²) in [4.78, 5) is 6.95. The Kier molecular flexibility index (Phi) is 4.99. The van der Waals surface area contributed by atoms with Crippen LogP contribution in [0.5, 0.6) is 11.5 Å². The third kappa shape index (κ3) is 3.79. The largest absolute Gasteiger partial charge is 0.497 e. The SMILES string of the molecule is COc1ccc(OC)c([C@@H]2CCCN2Cc2nc(C(C)(C)C)no2)c1. The summed E-state index contributed by atoms with van der Waals surface area (Å²) in [5, 5.41) is 4.13. The molecule has 1 saturated heterocycles. The van der Waals surface area contributed by atoms with Gasteiger partial charge < -0.3 is 14.0 Å². The average molecular weight is 345 g/mol. The minimum absolute atomic E-state index is 0.109. The van der Waals surface area contributed by atoms with Gasteiger partial charge in [0, 0.05) is 17.0 Å². The van der Waals surface area contributed by atoms with Crippen LogP contribution in [0.2, 0.25) is 0 Å². The molecule has 1 atom stereocenters. The van der Waals surface area contributed by atoms with Crippen LogP contribution in [0.15, 0.2) is 22.7 Å². The first-order valence-corrected chi connectivity index (χ1v) is 8.71. The van der Waals surface area contributed by atoms with Crippen molar-refractivity contribution in [3.8, 4) is 11.5 Å². The Bertz CT molecular complexity index is 721. The lowest BCUT2D eigenvalue weighted by Gasteiger charge is -2.25. The molecule has 1 aromatic heterocycles. The number of ether oxygens (including phenoxy) is 2. The quantitative estimate of drug-likeness (QED) is 0.823. The highest BCUT2D eigenvalue weighted by molar-refractivity contribution is 5.42. The van der Waals surface area contributed by atoms with Gasteiger partial charge in [-0.15, -0.1) is 0 Å². The van der Waals surface area contributed by atoms with Crippen LogP contribution in [-0.4, -0.2) is 35.8 Å². The van der Waals surface area contributed by atoms with Gasteiger partial charge in [-0.3, -0.25) is 4.90 Å². The summed E-state index contributed by atoms with van der Waals surface area (Å²) in [5.41, 5.74) is 1.04. The van der Waals surface area contributed by atoms with Crippen LogP contribution < -0.4 is 9.47 Å². The topological polar surface area (TPSA) is 60.6 Å². The van der Waals surface area contributed by atoms with Gasteiger partial charge in [-0.2, -0.15) is 4.98 Å². The average Bonchev–Trinajstić information content (AvgIpc) is 3.23. The Labute approximate surface area is 149 Å². The molecular weight excluding hydrogens is 318 g/mol. The number of aromatic nitrogens is 2. The minimum Gasteiger partial charge on any atom is -0.497 e. The molecule has 0 radical (unpaired) electrons. The Morgan fingerprint density at radius 2 is 2.04 bits per heavy atom. The Morgan fingerprint density at radius 3 is 2.68 bits per heavy atom. The van der Waals surface area contributed by atoms with Gasteiger partial charge in [0.1, 0.15) is 11.5 Å². The fourth-order valence-electron chi connectivity index (χ4n) is 3.26. The second-order valence-electron chi connectivity index (χ2n) is 7.50. The molecule has 0 saturated carbocycles. The predicted octanol–water partition coefficient (Wildman–Crippen LogP) is 3.72. The zero-order chi connectivity index (χ0) is 18.0. The van der Waals surface area contributed by atoms with E-state index in [0.717, 1.165) is 42.3 Å². The molecule has 1 aromatic carbocycles. The molecule has 3 rings (SSSR count). The van der Waals surface area contributed by atoms with Gasteiger partial charge in [0.25, 0.3) is 0 Å². The molecular formula is C19H27N3O3. The molecule has 6 nitrogen and oxygen atoms in total. The molecule has 1 aliphatic rings. The van der Waals surface area contributed by atoms with Crippen molar-refractivity contribution in [2.75, 3.05) is 20.8 Å². The summed E-state index contributed by atoms with van der Waals surface area (Å²) in [6.07, 6.45) is 2.20. The van der Waals surface area contributed by atoms with Gasteiger partial charge >= 0.3 is 0 Å². The van der Waals surface area contributed by atoms with Crippen molar-refractivity contribution < 1.29 is 14.0 Å². The summed E-state index contributed by atoms with van der Waals surface area (Å²) in [7, 11) is 3.39. The van der Waals surface area contributed by atoms with E-state index in [2.05, 4.69) is 41.9 Å². The van der Waals surface area contributed by atoms with Crippen LogP contribution in [0.4, 0.5) is 0 Å². The van der Waals surface area contributed by atoms with Crippen LogP contribution in [0.25, 0.3) is 0 Å². The number of rotatable bonds is 5. The molecule has 0 aliphatic carbocycles. The third-order valence-electron chi connectivity index (χ3n) is 4.64. The summed E-state index contributed by atoms with van der Waals surface area (Å²) in [6.45, 7) is 7.90. The van der Waals surface area contributed by atoms with Crippen LogP contribution in [0.3, 0.4) is 0 Å². The van der Waals surface area contributed by atoms with Gasteiger partial charge in [0.15, 0.2) is 5.82 Å². The van der Waals surface area contributed by atoms with Crippen molar-refractivity contribution in [3.05, 3.63) is 35.5 Å². The lowest BCUT2D eigenvalue weighted by molar-refractivity contribution is 0.208. The van der Waals surface area contributed by atoms with Crippen molar-refractivity contribution in [2.45, 2.75) is 51.6 Å². The molecule has 2 aromatic rings. The summed E-state index contributed by atoms with van der Waals surface area (Å²) < 4.78 is 16.4. The number of benzene rings is 1. The molecule has 2 heterocycles. The lowest BCUT2D eigenvalue weighted by atomic mass is 9.96. The Morgan fingerprint density at radius 1 is 1.24 bits per heavy atom. The smallest absolute Gasteiger partial charge is 0.240 e. The van der Waals surface area contributed by atoms with Crippen molar-refractivity contribution in [3.63, 3.8) is 0 Å². The predicted molar refractivity (Wildman–Crippen MR) is 94.9 cm³/mol. The Hall–Kier alpha value is -2.08. The Balaban J connectivity index is 1.82. The summed E-state index contributed by atoms with van der Waals surface area (Å²) >= 11 is 0. The molecule has 0 N–H and O–H groups in total. The lowest BCUT2D eigenvalue weighted by Crippen LogP contribution is -2.23. The number of likely N-dealkylation sites (tertiary alicyclic amines) is 1. The maximum absolute atomic E-state index is 5.57. The second kappa shape index (κ2) is 7.04. The fraction of sp³-hybridized carbons (Fsp3) is 0.579. The van der Waals surface area contributed by atoms with Gasteiger partial charge in [0.2, 0.25) is 5.89 Å². The van der Waals surface area contributed by atoms with E-state index in [4.69, 9.17) is 14.0 Å². The maximum atomic E-state index is 5.57. The monoisotopic (exact) mass is 345 g/mol. The molecule has 1 aliphatic heterocycles. The number of hydrogen-bond donors (Lipinski definition) is 0. The zero-order valence-electron chi connectivity index (χ0n) is 15.7. The van der Waals surface area contributed by atoms with Crippen molar-refractivity contribution in [1.29, 1.82) is 0 Å².